The summed E-state index contributed by atoms with van der Waals surface area (Å²) in [6, 6.07) is 89.9. The van der Waals surface area contributed by atoms with Crippen LogP contribution in [0.3, 0.4) is 0 Å². The van der Waals surface area contributed by atoms with Crippen molar-refractivity contribution in [3.63, 3.8) is 0 Å². The molecule has 0 bridgehead atoms. The van der Waals surface area contributed by atoms with Crippen molar-refractivity contribution in [2.45, 2.75) is 69.6 Å². The molecule has 0 amide bonds. The van der Waals surface area contributed by atoms with Crippen molar-refractivity contribution in [3.8, 4) is 0 Å². The van der Waals surface area contributed by atoms with Gasteiger partial charge in [0.1, 0.15) is 20.4 Å². The number of benzene rings is 11. The van der Waals surface area contributed by atoms with Gasteiger partial charge in [0.15, 0.2) is 5.78 Å². The Morgan fingerprint density at radius 2 is 0.851 bits per heavy atom. The zero-order valence-corrected chi connectivity index (χ0v) is 79.7. The molecular formula is C96H81BrCl10IMgN9O2S. The number of hydrogen-bond acceptors (Lipinski definition) is 7. The van der Waals surface area contributed by atoms with Crippen LogP contribution in [0.15, 0.2) is 341 Å². The van der Waals surface area contributed by atoms with Crippen LogP contribution in [0.1, 0.15) is 136 Å². The van der Waals surface area contributed by atoms with E-state index in [1.54, 1.807) is 99.8 Å². The second-order valence-electron chi connectivity index (χ2n) is 27.0. The van der Waals surface area contributed by atoms with Crippen molar-refractivity contribution in [1.29, 1.82) is 0 Å². The molecule has 0 aliphatic carbocycles. The van der Waals surface area contributed by atoms with Crippen LogP contribution < -0.4 is 22.3 Å². The average Bonchev–Trinajstić information content (AvgIpc) is 1.71. The zero-order chi connectivity index (χ0) is 85.4. The van der Waals surface area contributed by atoms with Crippen LogP contribution >= 0.6 is 151 Å². The molecule has 1 aliphatic heterocycles. The normalized spacial score (nSPS) is 12.2. The van der Waals surface area contributed by atoms with Gasteiger partial charge in [0.2, 0.25) is 0 Å². The van der Waals surface area contributed by atoms with Crippen molar-refractivity contribution in [1.82, 2.24) is 44.4 Å². The van der Waals surface area contributed by atoms with E-state index < -0.39 is 16.7 Å². The molecule has 4 aromatic heterocycles. The minimum atomic E-state index is -1.46. The summed E-state index contributed by atoms with van der Waals surface area (Å²) in [5, 5.41) is 19.6. The summed E-state index contributed by atoms with van der Waals surface area (Å²) in [4.78, 5) is 34.9. The molecule has 4 N–H and O–H groups in total. The molecule has 16 rings (SSSR count). The third-order valence-electron chi connectivity index (χ3n) is 19.7. The molecule has 3 atom stereocenters. The first kappa shape index (κ1) is 98.6. The summed E-state index contributed by atoms with van der Waals surface area (Å²) in [6.45, 7) is 16.3. The predicted molar refractivity (Wildman–Crippen MR) is 514 cm³/mol. The number of halogens is 12. The molecule has 3 unspecified atom stereocenters. The van der Waals surface area contributed by atoms with E-state index in [1.807, 2.05) is 110 Å². The number of carbonyl (C=O) groups excluding carboxylic acids is 1. The van der Waals surface area contributed by atoms with Crippen molar-refractivity contribution >= 4 is 190 Å². The molecular weight excluding hydrogens is 1930 g/mol. The zero-order valence-electron chi connectivity index (χ0n) is 66.1. The number of aliphatic hydroxyl groups is 1. The summed E-state index contributed by atoms with van der Waals surface area (Å²) >= 11 is 67.8. The fourth-order valence-electron chi connectivity index (χ4n) is 13.6. The molecule has 614 valence electrons. The summed E-state index contributed by atoms with van der Waals surface area (Å²) in [7, 11) is 0. The van der Waals surface area contributed by atoms with E-state index in [0.717, 1.165) is 65.5 Å². The Bertz CT molecular complexity index is 5670. The van der Waals surface area contributed by atoms with Gasteiger partial charge in [-0.25, -0.2) is 19.9 Å². The smallest absolute Gasteiger partial charge is 1.00 e. The number of aromatic amines is 2. The van der Waals surface area contributed by atoms with Crippen molar-refractivity contribution < 1.29 is 26.9 Å². The first-order valence-corrected chi connectivity index (χ1v) is 42.5. The minimum absolute atomic E-state index is 0. The first-order chi connectivity index (χ1) is 57.4. The average molecular weight is 2010 g/mol. The van der Waals surface area contributed by atoms with Crippen molar-refractivity contribution in [2.24, 2.45) is 0 Å². The van der Waals surface area contributed by atoms with Gasteiger partial charge in [-0.05, 0) is 123 Å². The van der Waals surface area contributed by atoms with Gasteiger partial charge in [-0.1, -0.05) is 385 Å². The number of rotatable bonds is 17. The maximum atomic E-state index is 11.6. The number of imidazole rings is 4. The van der Waals surface area contributed by atoms with Crippen LogP contribution in [-0.2, 0) is 16.7 Å². The Kier molecular flexibility index (Phi) is 38.5. The molecule has 5 heterocycles. The van der Waals surface area contributed by atoms with Gasteiger partial charge in [0.25, 0.3) is 0 Å². The van der Waals surface area contributed by atoms with E-state index in [1.165, 1.54) is 29.2 Å². The monoisotopic (exact) mass is 2000 g/mol. The molecule has 0 spiro atoms. The number of Topliss-reactive ketones (excluding diaryl/α,β-unsaturated/α-hetero) is 1. The largest absolute Gasteiger partial charge is 2.00 e. The topological polar surface area (TPSA) is 142 Å². The van der Waals surface area contributed by atoms with E-state index in [9.17, 15) is 9.90 Å². The van der Waals surface area contributed by atoms with Crippen LogP contribution in [0.4, 0.5) is 0 Å². The van der Waals surface area contributed by atoms with Gasteiger partial charge < -0.3 is 53.4 Å². The van der Waals surface area contributed by atoms with Crippen LogP contribution in [0.2, 0.25) is 50.2 Å². The van der Waals surface area contributed by atoms with Crippen molar-refractivity contribution in [3.05, 3.63) is 481 Å². The van der Waals surface area contributed by atoms with Crippen LogP contribution in [0, 0.1) is 10.6 Å². The predicted octanol–water partition coefficient (Wildman–Crippen LogP) is 25.2. The Hall–Kier alpha value is -7.86. The molecule has 0 fully saturated rings. The van der Waals surface area contributed by atoms with E-state index in [-0.39, 0.29) is 57.7 Å². The Morgan fingerprint density at radius 1 is 0.488 bits per heavy atom. The van der Waals surface area contributed by atoms with Gasteiger partial charge in [-0.3, -0.25) is 4.79 Å². The Balaban J connectivity index is 0.000000187. The molecule has 121 heavy (non-hydrogen) atoms. The third kappa shape index (κ3) is 23.8. The Morgan fingerprint density at radius 3 is 1.22 bits per heavy atom. The molecule has 11 aromatic carbocycles. The quantitative estimate of drug-likeness (QED) is 0.0176. The molecule has 0 radical (unpaired) electrons. The molecule has 25 heteroatoms. The maximum Gasteiger partial charge on any atom is 2.00 e. The van der Waals surface area contributed by atoms with E-state index in [0.29, 0.717) is 67.0 Å². The standard InChI is InChI=1S/C30H24Cl2N2O.C22H17IN2.C12H11Cl2NS.C11H10Cl2N2.C11H8Cl2N2.C8H6Cl2O.C2H5.BrH.Mg/c1-29(35,25-18-11-19-26(31)28(25)32)27-20-34(21-33-27)30(22-12-5-2-6-13-22,23-14-7-3-8-15-23)24-16-9-4-10-17-24;23-21-16-25(17-24-21)22(18-10-4-1-5-11-18,19-12-6-2-7-13-19)20-14-8-3-9-15-20;1-7(8-5-11(16)15-6-8)9-3-2-4-10(13)12(9)14;2*1-7(10-5-14-6-15-10)8-3-2-4-9(12)11(8)13;1-5(11)6-3-2-4-7(9)8(6)10;1-2;;/h2-21,35H,1H3;1-17H;2-4,6-7H,5H2,1H3,(H,15,16);2-7H,1H3,(H,14,15);2-6H,1H2,(H,14,15);2-4H,1H3;1H2,2H3;1H;/q;;;;;;-1;;+2/p-1. The summed E-state index contributed by atoms with van der Waals surface area (Å²) in [5.74, 6) is 0.329. The van der Waals surface area contributed by atoms with Crippen LogP contribution in [0.5, 0.6) is 0 Å². The summed E-state index contributed by atoms with van der Waals surface area (Å²) < 4.78 is 5.26. The Labute approximate surface area is 803 Å². The number of H-pyrrole nitrogens is 2. The second kappa shape index (κ2) is 47.3. The molecule has 15 aromatic rings. The van der Waals surface area contributed by atoms with E-state index in [4.69, 9.17) is 128 Å². The number of thiocarbonyl (C=S) groups is 1. The van der Waals surface area contributed by atoms with Gasteiger partial charge in [-0.2, -0.15) is 6.92 Å². The molecule has 0 saturated carbocycles. The van der Waals surface area contributed by atoms with Gasteiger partial charge in [-0.15, -0.1) is 0 Å². The van der Waals surface area contributed by atoms with Crippen LogP contribution in [-0.4, -0.2) is 78.0 Å². The van der Waals surface area contributed by atoms with Gasteiger partial charge in [0, 0.05) is 71.0 Å². The number of aromatic nitrogens is 8. The molecule has 0 saturated heterocycles. The third-order valence-corrected chi connectivity index (χ3v) is 24.6. The summed E-state index contributed by atoms with van der Waals surface area (Å²) in [6.07, 6.45) is 17.2. The SMILES string of the molecule is C=C(c1cnc[nH]1)c1cccc(Cl)c1Cl.CC(=O)c1cccc(Cl)c1Cl.CC(C1=CNC(=S)C1)c1cccc(Cl)c1Cl.CC(O)(c1cn(C(c2ccccc2)(c2ccccc2)c2ccccc2)cn1)c1cccc(Cl)c1Cl.CC(c1cnc[nH]1)c1cccc(Cl)c1Cl.Ic1cn(C(c2ccccc2)(c2ccccc2)c2ccccc2)cn1.[Br-].[CH2-]C.[Mg+2]. The fraction of sp³-hybridized carbons (Fsp3) is 0.115. The van der Waals surface area contributed by atoms with Gasteiger partial charge in [0.05, 0.1) is 98.1 Å². The first-order valence-electron chi connectivity index (χ1n) is 37.3. The summed E-state index contributed by atoms with van der Waals surface area (Å²) in [5.41, 5.74) is 12.4. The fourth-order valence-corrected chi connectivity index (χ4v) is 16.6. The number of ketones is 1. The number of nitrogens with one attached hydrogen (secondary N) is 3. The van der Waals surface area contributed by atoms with Gasteiger partial charge >= 0.3 is 23.1 Å². The minimum Gasteiger partial charge on any atom is -1.00 e. The molecule has 1 aliphatic rings. The molecule has 11 nitrogen and oxygen atoms in total. The van der Waals surface area contributed by atoms with E-state index >= 15 is 0 Å². The number of hydrogen-bond donors (Lipinski definition) is 4. The number of carbonyl (C=O) groups is 1. The van der Waals surface area contributed by atoms with Crippen LogP contribution in [0.25, 0.3) is 5.57 Å². The second-order valence-corrected chi connectivity index (χ2v) is 32.5. The van der Waals surface area contributed by atoms with E-state index in [2.05, 4.69) is 228 Å². The maximum absolute atomic E-state index is 11.6. The van der Waals surface area contributed by atoms with Crippen molar-refractivity contribution in [2.75, 3.05) is 0 Å². The number of nitrogens with zero attached hydrogens (tertiary/aromatic N) is 6.